The van der Waals surface area contributed by atoms with Crippen LogP contribution in [0.2, 0.25) is 0 Å². The lowest BCUT2D eigenvalue weighted by Gasteiger charge is -2.26. The molecule has 2 aliphatic heterocycles. The van der Waals surface area contributed by atoms with Gasteiger partial charge in [-0.05, 0) is 49.6 Å². The van der Waals surface area contributed by atoms with Gasteiger partial charge >= 0.3 is 0 Å². The Balaban J connectivity index is 1.51. The zero-order valence-corrected chi connectivity index (χ0v) is 17.2. The number of benzene rings is 1. The number of thioether (sulfide) groups is 1. The Morgan fingerprint density at radius 2 is 2.17 bits per heavy atom. The maximum Gasteiger partial charge on any atom is 0.274 e. The standard InChI is InChI=1S/C20H21FN6O2S/c1-11-26-27-18(29-11)12-3-6-16(23-10-12)17(28)24-13-4-5-15(21)14(9-13)20(2)7-8-30-19(22)25-20/h3-11,18,26-27H,1-2H3,(H2,22,25)(H,24,28)/t11?,18?,20-/m0/s1. The lowest BCUT2D eigenvalue weighted by molar-refractivity contribution is 0.0454. The Morgan fingerprint density at radius 1 is 1.33 bits per heavy atom. The molecule has 30 heavy (non-hydrogen) atoms. The number of hydrazine groups is 1. The van der Waals surface area contributed by atoms with E-state index < -0.39 is 17.3 Å². The Bertz CT molecular complexity index is 1030. The molecule has 4 rings (SSSR count). The number of ether oxygens (including phenoxy) is 1. The number of hydrogen-bond acceptors (Lipinski definition) is 8. The zero-order chi connectivity index (χ0) is 21.3. The van der Waals surface area contributed by atoms with Gasteiger partial charge in [-0.2, -0.15) is 0 Å². The third kappa shape index (κ3) is 4.21. The van der Waals surface area contributed by atoms with E-state index in [-0.39, 0.29) is 18.1 Å². The van der Waals surface area contributed by atoms with Gasteiger partial charge in [0.25, 0.3) is 5.91 Å². The van der Waals surface area contributed by atoms with E-state index in [1.807, 2.05) is 6.92 Å². The number of anilines is 1. The minimum absolute atomic E-state index is 0.121. The summed E-state index contributed by atoms with van der Waals surface area (Å²) in [5, 5.41) is 4.88. The SMILES string of the molecule is CC1NNC(c2ccc(C(=O)Nc3ccc(F)c([C@]4(C)C=CSC(N)=N4)c3)nc2)O1. The number of carbonyl (C=O) groups excluding carboxylic acids is 1. The zero-order valence-electron chi connectivity index (χ0n) is 16.3. The van der Waals surface area contributed by atoms with Gasteiger partial charge in [0.05, 0.1) is 0 Å². The second kappa shape index (κ2) is 8.15. The van der Waals surface area contributed by atoms with Crippen LogP contribution in [-0.2, 0) is 10.3 Å². The normalized spacial score (nSPS) is 25.8. The summed E-state index contributed by atoms with van der Waals surface area (Å²) in [6.07, 6.45) is 2.89. The van der Waals surface area contributed by atoms with E-state index in [2.05, 4.69) is 26.1 Å². The number of halogens is 1. The Kier molecular flexibility index (Phi) is 5.56. The molecule has 8 nitrogen and oxygen atoms in total. The van der Waals surface area contributed by atoms with Gasteiger partial charge in [-0.15, -0.1) is 0 Å². The molecule has 0 saturated carbocycles. The quantitative estimate of drug-likeness (QED) is 0.592. The number of pyridine rings is 1. The molecule has 0 aliphatic carbocycles. The van der Waals surface area contributed by atoms with Crippen molar-refractivity contribution in [2.75, 3.05) is 5.32 Å². The van der Waals surface area contributed by atoms with Gasteiger partial charge in [0.1, 0.15) is 29.5 Å². The summed E-state index contributed by atoms with van der Waals surface area (Å²) in [5.41, 5.74) is 12.6. The van der Waals surface area contributed by atoms with E-state index in [1.165, 1.54) is 23.9 Å². The molecule has 0 bridgehead atoms. The van der Waals surface area contributed by atoms with Gasteiger partial charge in [0.2, 0.25) is 0 Å². The van der Waals surface area contributed by atoms with Gasteiger partial charge < -0.3 is 15.8 Å². The average molecular weight is 428 g/mol. The van der Waals surface area contributed by atoms with Crippen LogP contribution in [0.25, 0.3) is 0 Å². The molecule has 2 aromatic rings. The number of nitrogens with zero attached hydrogens (tertiary/aromatic N) is 2. The summed E-state index contributed by atoms with van der Waals surface area (Å²) < 4.78 is 20.1. The fraction of sp³-hybridized carbons (Fsp3) is 0.250. The summed E-state index contributed by atoms with van der Waals surface area (Å²) in [6.45, 7) is 3.64. The van der Waals surface area contributed by atoms with E-state index in [0.29, 0.717) is 16.4 Å². The molecule has 1 aromatic heterocycles. The number of nitrogens with two attached hydrogens (primary N) is 1. The van der Waals surface area contributed by atoms with Crippen LogP contribution >= 0.6 is 11.8 Å². The highest BCUT2D eigenvalue weighted by Gasteiger charge is 2.29. The first-order valence-electron chi connectivity index (χ1n) is 9.27. The van der Waals surface area contributed by atoms with Crippen molar-refractivity contribution in [1.29, 1.82) is 0 Å². The number of rotatable bonds is 4. The van der Waals surface area contributed by atoms with Crippen molar-refractivity contribution in [1.82, 2.24) is 15.8 Å². The fourth-order valence-electron chi connectivity index (χ4n) is 3.19. The largest absolute Gasteiger partial charge is 0.378 e. The number of hydrogen-bond donors (Lipinski definition) is 4. The molecule has 0 radical (unpaired) electrons. The molecule has 1 fully saturated rings. The second-order valence-electron chi connectivity index (χ2n) is 7.09. The van der Waals surface area contributed by atoms with Crippen molar-refractivity contribution in [2.24, 2.45) is 10.7 Å². The highest BCUT2D eigenvalue weighted by atomic mass is 32.2. The summed E-state index contributed by atoms with van der Waals surface area (Å²) in [7, 11) is 0. The van der Waals surface area contributed by atoms with Gasteiger partial charge in [0.15, 0.2) is 5.17 Å². The molecule has 156 valence electrons. The van der Waals surface area contributed by atoms with E-state index in [4.69, 9.17) is 10.5 Å². The molecule has 2 unspecified atom stereocenters. The van der Waals surface area contributed by atoms with Crippen LogP contribution in [0.3, 0.4) is 0 Å². The second-order valence-corrected chi connectivity index (χ2v) is 8.02. The van der Waals surface area contributed by atoms with Gasteiger partial charge in [-0.3, -0.25) is 9.78 Å². The van der Waals surface area contributed by atoms with Crippen molar-refractivity contribution in [3.63, 3.8) is 0 Å². The topological polar surface area (TPSA) is 114 Å². The van der Waals surface area contributed by atoms with Crippen molar-refractivity contribution in [3.05, 3.63) is 70.7 Å². The van der Waals surface area contributed by atoms with Crippen molar-refractivity contribution in [2.45, 2.75) is 31.8 Å². The number of nitrogens with one attached hydrogen (secondary N) is 3. The highest BCUT2D eigenvalue weighted by Crippen LogP contribution is 2.35. The minimum atomic E-state index is -0.945. The van der Waals surface area contributed by atoms with Gasteiger partial charge in [0, 0.05) is 23.0 Å². The molecule has 1 saturated heterocycles. The molecular formula is C20H21FN6O2S. The lowest BCUT2D eigenvalue weighted by Crippen LogP contribution is -2.29. The molecule has 0 spiro atoms. The maximum absolute atomic E-state index is 14.5. The van der Waals surface area contributed by atoms with Gasteiger partial charge in [-0.1, -0.05) is 17.8 Å². The maximum atomic E-state index is 14.5. The van der Waals surface area contributed by atoms with E-state index >= 15 is 0 Å². The van der Waals surface area contributed by atoms with E-state index in [0.717, 1.165) is 5.56 Å². The van der Waals surface area contributed by atoms with Crippen LogP contribution < -0.4 is 21.9 Å². The predicted octanol–water partition coefficient (Wildman–Crippen LogP) is 2.73. The first-order chi connectivity index (χ1) is 14.3. The highest BCUT2D eigenvalue weighted by molar-refractivity contribution is 8.16. The minimum Gasteiger partial charge on any atom is -0.378 e. The average Bonchev–Trinajstić information content (AvgIpc) is 3.15. The lowest BCUT2D eigenvalue weighted by atomic mass is 9.92. The number of amidine groups is 1. The Labute approximate surface area is 177 Å². The van der Waals surface area contributed by atoms with Crippen molar-refractivity contribution < 1.29 is 13.9 Å². The Morgan fingerprint density at radius 3 is 2.83 bits per heavy atom. The first kappa shape index (κ1) is 20.5. The molecule has 1 amide bonds. The van der Waals surface area contributed by atoms with Crippen molar-refractivity contribution in [3.8, 4) is 0 Å². The summed E-state index contributed by atoms with van der Waals surface area (Å²) in [6, 6.07) is 7.72. The molecule has 3 atom stereocenters. The van der Waals surface area contributed by atoms with Crippen LogP contribution in [0.1, 0.15) is 41.7 Å². The molecule has 5 N–H and O–H groups in total. The van der Waals surface area contributed by atoms with E-state index in [1.54, 1.807) is 42.8 Å². The third-order valence-electron chi connectivity index (χ3n) is 4.77. The third-order valence-corrected chi connectivity index (χ3v) is 5.38. The molecule has 1 aromatic carbocycles. The number of aliphatic imine (C=N–C) groups is 1. The first-order valence-corrected chi connectivity index (χ1v) is 10.2. The van der Waals surface area contributed by atoms with Crippen LogP contribution in [0.4, 0.5) is 10.1 Å². The Hall–Kier alpha value is -2.79. The number of carbonyl (C=O) groups is 1. The van der Waals surface area contributed by atoms with Gasteiger partial charge in [-0.25, -0.2) is 20.2 Å². The smallest absolute Gasteiger partial charge is 0.274 e. The monoisotopic (exact) mass is 428 g/mol. The number of aromatic nitrogens is 1. The predicted molar refractivity (Wildman–Crippen MR) is 114 cm³/mol. The summed E-state index contributed by atoms with van der Waals surface area (Å²) in [5.74, 6) is -0.841. The summed E-state index contributed by atoms with van der Waals surface area (Å²) in [4.78, 5) is 21.2. The van der Waals surface area contributed by atoms with Crippen LogP contribution in [0.15, 0.2) is 53.0 Å². The van der Waals surface area contributed by atoms with Crippen molar-refractivity contribution >= 4 is 28.5 Å². The summed E-state index contributed by atoms with van der Waals surface area (Å²) >= 11 is 1.27. The van der Waals surface area contributed by atoms with Crippen LogP contribution in [-0.4, -0.2) is 22.3 Å². The molecule has 2 aliphatic rings. The molecule has 3 heterocycles. The van der Waals surface area contributed by atoms with E-state index in [9.17, 15) is 9.18 Å². The fourth-order valence-corrected chi connectivity index (χ4v) is 3.90. The van der Waals surface area contributed by atoms with Crippen LogP contribution in [0.5, 0.6) is 0 Å². The van der Waals surface area contributed by atoms with Crippen LogP contribution in [0, 0.1) is 5.82 Å². The number of amides is 1. The molecular weight excluding hydrogens is 407 g/mol. The molecule has 10 heteroatoms.